The van der Waals surface area contributed by atoms with Crippen molar-refractivity contribution in [1.82, 2.24) is 0 Å². The predicted molar refractivity (Wildman–Crippen MR) is 106 cm³/mol. The van der Waals surface area contributed by atoms with Crippen LogP contribution in [0.1, 0.15) is 28.8 Å². The van der Waals surface area contributed by atoms with Gasteiger partial charge in [-0.05, 0) is 64.8 Å². The number of ether oxygens (including phenoxy) is 1. The zero-order valence-electron chi connectivity index (χ0n) is 15.0. The number of aryl methyl sites for hydroxylation is 1. The van der Waals surface area contributed by atoms with Crippen LogP contribution in [0.4, 0.5) is 11.4 Å². The smallest absolute Gasteiger partial charge is 0.338 e. The molecule has 3 rings (SSSR count). The molecular formula is C20H17BrN2O5. The van der Waals surface area contributed by atoms with Crippen molar-refractivity contribution >= 4 is 51.0 Å². The van der Waals surface area contributed by atoms with E-state index in [1.807, 2.05) is 19.1 Å². The van der Waals surface area contributed by atoms with Gasteiger partial charge < -0.3 is 10.1 Å². The first-order valence-electron chi connectivity index (χ1n) is 8.54. The van der Waals surface area contributed by atoms with Crippen molar-refractivity contribution in [2.75, 3.05) is 16.8 Å². The summed E-state index contributed by atoms with van der Waals surface area (Å²) in [6.45, 7) is 1.49. The number of hydrogen-bond donors (Lipinski definition) is 1. The lowest BCUT2D eigenvalue weighted by Gasteiger charge is -2.14. The molecule has 2 aromatic rings. The summed E-state index contributed by atoms with van der Waals surface area (Å²) in [4.78, 5) is 48.7. The van der Waals surface area contributed by atoms with E-state index >= 15 is 0 Å². The van der Waals surface area contributed by atoms with Gasteiger partial charge in [0.2, 0.25) is 11.8 Å². The minimum atomic E-state index is -0.677. The Morgan fingerprint density at radius 1 is 1.07 bits per heavy atom. The lowest BCUT2D eigenvalue weighted by Crippen LogP contribution is -2.28. The maximum absolute atomic E-state index is 12.1. The van der Waals surface area contributed by atoms with Crippen LogP contribution >= 0.6 is 15.9 Å². The number of benzene rings is 2. The average molecular weight is 445 g/mol. The monoisotopic (exact) mass is 444 g/mol. The molecular weight excluding hydrogens is 428 g/mol. The van der Waals surface area contributed by atoms with Gasteiger partial charge in [-0.15, -0.1) is 0 Å². The number of anilines is 2. The van der Waals surface area contributed by atoms with Crippen LogP contribution in [0.15, 0.2) is 46.9 Å². The molecule has 28 heavy (non-hydrogen) atoms. The fourth-order valence-corrected chi connectivity index (χ4v) is 3.33. The van der Waals surface area contributed by atoms with Crippen LogP contribution in [0.3, 0.4) is 0 Å². The summed E-state index contributed by atoms with van der Waals surface area (Å²) >= 11 is 3.36. The van der Waals surface area contributed by atoms with Crippen LogP contribution in [0.2, 0.25) is 0 Å². The molecule has 0 aromatic heterocycles. The van der Waals surface area contributed by atoms with Gasteiger partial charge in [-0.2, -0.15) is 0 Å². The maximum atomic E-state index is 12.1. The van der Waals surface area contributed by atoms with E-state index in [2.05, 4.69) is 21.2 Å². The van der Waals surface area contributed by atoms with Crippen molar-refractivity contribution < 1.29 is 23.9 Å². The van der Waals surface area contributed by atoms with Gasteiger partial charge in [0.15, 0.2) is 6.61 Å². The largest absolute Gasteiger partial charge is 0.452 e. The summed E-state index contributed by atoms with van der Waals surface area (Å²) < 4.78 is 5.75. The topological polar surface area (TPSA) is 92.8 Å². The number of halogens is 1. The normalized spacial score (nSPS) is 13.6. The Labute approximate surface area is 169 Å². The first-order chi connectivity index (χ1) is 13.3. The van der Waals surface area contributed by atoms with Gasteiger partial charge >= 0.3 is 5.97 Å². The molecule has 0 saturated carbocycles. The fourth-order valence-electron chi connectivity index (χ4n) is 2.73. The summed E-state index contributed by atoms with van der Waals surface area (Å²) in [5, 5.41) is 2.66. The maximum Gasteiger partial charge on any atom is 0.338 e. The molecule has 1 aliphatic rings. The van der Waals surface area contributed by atoms with Crippen molar-refractivity contribution in [3.05, 3.63) is 58.1 Å². The van der Waals surface area contributed by atoms with E-state index in [9.17, 15) is 19.2 Å². The van der Waals surface area contributed by atoms with Gasteiger partial charge in [-0.25, -0.2) is 4.79 Å². The van der Waals surface area contributed by atoms with Gasteiger partial charge in [0.1, 0.15) is 0 Å². The van der Waals surface area contributed by atoms with E-state index < -0.39 is 18.5 Å². The molecule has 7 nitrogen and oxygen atoms in total. The Kier molecular flexibility index (Phi) is 5.89. The Morgan fingerprint density at radius 2 is 1.71 bits per heavy atom. The third-order valence-corrected chi connectivity index (χ3v) is 4.80. The SMILES string of the molecule is Cc1ccc(NC(=O)COC(=O)c2ccc(N3C(=O)CCC3=O)cc2)c(Br)c1. The molecule has 0 aliphatic carbocycles. The van der Waals surface area contributed by atoms with Crippen LogP contribution in [0, 0.1) is 6.92 Å². The van der Waals surface area contributed by atoms with E-state index in [4.69, 9.17) is 4.74 Å². The predicted octanol–water partition coefficient (Wildman–Crippen LogP) is 3.21. The Balaban J connectivity index is 1.56. The number of carbonyl (C=O) groups is 4. The zero-order valence-corrected chi connectivity index (χ0v) is 16.6. The number of nitrogens with zero attached hydrogens (tertiary/aromatic N) is 1. The van der Waals surface area contributed by atoms with Crippen LogP contribution < -0.4 is 10.2 Å². The quantitative estimate of drug-likeness (QED) is 0.564. The zero-order chi connectivity index (χ0) is 20.3. The number of carbonyl (C=O) groups excluding carboxylic acids is 4. The highest BCUT2D eigenvalue weighted by atomic mass is 79.9. The van der Waals surface area contributed by atoms with Crippen molar-refractivity contribution in [1.29, 1.82) is 0 Å². The van der Waals surface area contributed by atoms with Gasteiger partial charge in [0.25, 0.3) is 5.91 Å². The van der Waals surface area contributed by atoms with Gasteiger partial charge in [0, 0.05) is 17.3 Å². The van der Waals surface area contributed by atoms with E-state index in [1.165, 1.54) is 24.3 Å². The van der Waals surface area contributed by atoms with E-state index in [-0.39, 0.29) is 30.2 Å². The lowest BCUT2D eigenvalue weighted by molar-refractivity contribution is -0.121. The van der Waals surface area contributed by atoms with Crippen LogP contribution in [-0.2, 0) is 19.1 Å². The Morgan fingerprint density at radius 3 is 2.32 bits per heavy atom. The summed E-state index contributed by atoms with van der Waals surface area (Å²) in [6, 6.07) is 11.4. The first-order valence-corrected chi connectivity index (χ1v) is 9.33. The molecule has 1 N–H and O–H groups in total. The van der Waals surface area contributed by atoms with Crippen molar-refractivity contribution in [2.24, 2.45) is 0 Å². The van der Waals surface area contributed by atoms with Crippen LogP contribution in [-0.4, -0.2) is 30.3 Å². The van der Waals surface area contributed by atoms with E-state index in [0.717, 1.165) is 14.9 Å². The van der Waals surface area contributed by atoms with Crippen molar-refractivity contribution in [3.8, 4) is 0 Å². The second-order valence-corrected chi connectivity index (χ2v) is 7.13. The summed E-state index contributed by atoms with van der Waals surface area (Å²) in [5.74, 6) is -1.68. The van der Waals surface area contributed by atoms with E-state index in [0.29, 0.717) is 11.4 Å². The number of esters is 1. The first kappa shape index (κ1) is 19.8. The molecule has 0 bridgehead atoms. The molecule has 2 aromatic carbocycles. The molecule has 0 spiro atoms. The minimum absolute atomic E-state index is 0.189. The van der Waals surface area contributed by atoms with Gasteiger partial charge in [-0.1, -0.05) is 6.07 Å². The highest BCUT2D eigenvalue weighted by Crippen LogP contribution is 2.24. The number of rotatable bonds is 5. The summed E-state index contributed by atoms with van der Waals surface area (Å²) in [7, 11) is 0. The van der Waals surface area contributed by atoms with Gasteiger partial charge in [0.05, 0.1) is 16.9 Å². The fraction of sp³-hybridized carbons (Fsp3) is 0.200. The highest BCUT2D eigenvalue weighted by Gasteiger charge is 2.30. The molecule has 144 valence electrons. The van der Waals surface area contributed by atoms with Crippen molar-refractivity contribution in [2.45, 2.75) is 19.8 Å². The second-order valence-electron chi connectivity index (χ2n) is 6.28. The highest BCUT2D eigenvalue weighted by molar-refractivity contribution is 9.10. The number of hydrogen-bond acceptors (Lipinski definition) is 5. The molecule has 1 heterocycles. The molecule has 1 aliphatic heterocycles. The van der Waals surface area contributed by atoms with E-state index in [1.54, 1.807) is 6.07 Å². The standard InChI is InChI=1S/C20H17BrN2O5/c1-12-2-7-16(15(21)10-12)22-17(24)11-28-20(27)13-3-5-14(6-4-13)23-18(25)8-9-19(23)26/h2-7,10H,8-9,11H2,1H3,(H,22,24). The Hall–Kier alpha value is -3.00. The van der Waals surface area contributed by atoms with Crippen LogP contribution in [0.25, 0.3) is 0 Å². The summed E-state index contributed by atoms with van der Waals surface area (Å²) in [5.41, 5.74) is 2.24. The Bertz CT molecular complexity index is 940. The molecule has 0 unspecified atom stereocenters. The number of nitrogens with one attached hydrogen (secondary N) is 1. The molecule has 0 radical (unpaired) electrons. The van der Waals surface area contributed by atoms with Crippen molar-refractivity contribution in [3.63, 3.8) is 0 Å². The second kappa shape index (κ2) is 8.35. The number of amides is 3. The third kappa shape index (κ3) is 4.45. The summed E-state index contributed by atoms with van der Waals surface area (Å²) in [6.07, 6.45) is 0.379. The lowest BCUT2D eigenvalue weighted by atomic mass is 10.2. The number of imide groups is 1. The molecule has 1 saturated heterocycles. The average Bonchev–Trinajstić information content (AvgIpc) is 3.00. The molecule has 8 heteroatoms. The molecule has 3 amide bonds. The third-order valence-electron chi connectivity index (χ3n) is 4.15. The molecule has 1 fully saturated rings. The minimum Gasteiger partial charge on any atom is -0.452 e. The van der Waals surface area contributed by atoms with Gasteiger partial charge in [-0.3, -0.25) is 19.3 Å². The molecule has 0 atom stereocenters. The van der Waals surface area contributed by atoms with Crippen LogP contribution in [0.5, 0.6) is 0 Å².